The van der Waals surface area contributed by atoms with Crippen LogP contribution in [-0.2, 0) is 14.8 Å². The number of halogens is 4. The summed E-state index contributed by atoms with van der Waals surface area (Å²) < 4.78 is 82.5. The van der Waals surface area contributed by atoms with Crippen molar-refractivity contribution in [1.82, 2.24) is 14.5 Å². The second-order valence-corrected chi connectivity index (χ2v) is 12.4. The van der Waals surface area contributed by atoms with E-state index in [-0.39, 0.29) is 56.3 Å². The molecular weight excluding hydrogens is 580 g/mol. The van der Waals surface area contributed by atoms with E-state index in [4.69, 9.17) is 0 Å². The number of sulfonamides is 1. The second-order valence-electron chi connectivity index (χ2n) is 10.6. The Hall–Kier alpha value is -3.78. The number of nitrogens with zero attached hydrogens (tertiary/aromatic N) is 3. The van der Waals surface area contributed by atoms with Crippen molar-refractivity contribution in [2.45, 2.75) is 44.8 Å². The van der Waals surface area contributed by atoms with Gasteiger partial charge in [-0.25, -0.2) is 12.8 Å². The molecule has 3 aliphatic rings. The standard InChI is InChI=1S/C28H28F4N4O5S/c1-17-12-20(25(37)35-15-21(29)16-35)13-18(2)23(17)6-11-42(39,40)36-9-7-27(8-10-36)26(38)33-24(34-27)19-4-3-5-22(14-19)41-28(30,31)32/h3-6,11-14,21H,7-10,15-16H2,1-2H3,(H,33,34,38). The maximum atomic E-state index is 13.2. The zero-order valence-corrected chi connectivity index (χ0v) is 23.6. The number of benzene rings is 2. The third-order valence-electron chi connectivity index (χ3n) is 7.60. The van der Waals surface area contributed by atoms with Gasteiger partial charge in [-0.05, 0) is 73.7 Å². The average Bonchev–Trinajstić information content (AvgIpc) is 3.20. The molecule has 0 atom stereocenters. The first-order valence-electron chi connectivity index (χ1n) is 13.2. The Morgan fingerprint density at radius 1 is 1.12 bits per heavy atom. The molecule has 5 rings (SSSR count). The topological polar surface area (TPSA) is 108 Å². The van der Waals surface area contributed by atoms with Gasteiger partial charge in [0.15, 0.2) is 0 Å². The molecule has 0 aliphatic carbocycles. The van der Waals surface area contributed by atoms with Crippen molar-refractivity contribution in [3.8, 4) is 5.75 Å². The minimum absolute atomic E-state index is 0.00486. The van der Waals surface area contributed by atoms with Gasteiger partial charge in [-0.1, -0.05) is 12.1 Å². The second kappa shape index (κ2) is 10.8. The Morgan fingerprint density at radius 2 is 1.76 bits per heavy atom. The first-order valence-corrected chi connectivity index (χ1v) is 14.7. The quantitative estimate of drug-likeness (QED) is 0.504. The smallest absolute Gasteiger partial charge is 0.406 e. The number of hydrogen-bond acceptors (Lipinski definition) is 6. The number of alkyl halides is 4. The highest BCUT2D eigenvalue weighted by molar-refractivity contribution is 7.92. The molecule has 0 aromatic heterocycles. The molecule has 3 heterocycles. The van der Waals surface area contributed by atoms with E-state index in [1.165, 1.54) is 27.4 Å². The van der Waals surface area contributed by atoms with Crippen LogP contribution in [0.4, 0.5) is 17.6 Å². The maximum Gasteiger partial charge on any atom is 0.573 e. The van der Waals surface area contributed by atoms with Crippen LogP contribution in [0.25, 0.3) is 6.08 Å². The lowest BCUT2D eigenvalue weighted by Gasteiger charge is -2.34. The van der Waals surface area contributed by atoms with Crippen molar-refractivity contribution in [2.24, 2.45) is 4.99 Å². The van der Waals surface area contributed by atoms with Gasteiger partial charge >= 0.3 is 6.36 Å². The predicted octanol–water partition coefficient (Wildman–Crippen LogP) is 3.71. The fourth-order valence-corrected chi connectivity index (χ4v) is 6.49. The minimum atomic E-state index is -4.87. The van der Waals surface area contributed by atoms with Crippen molar-refractivity contribution in [3.63, 3.8) is 0 Å². The van der Waals surface area contributed by atoms with Crippen molar-refractivity contribution in [2.75, 3.05) is 26.2 Å². The molecule has 0 unspecified atom stereocenters. The van der Waals surface area contributed by atoms with E-state index in [1.807, 2.05) is 0 Å². The average molecular weight is 609 g/mol. The third kappa shape index (κ3) is 6.04. The van der Waals surface area contributed by atoms with E-state index >= 15 is 0 Å². The van der Waals surface area contributed by atoms with E-state index in [2.05, 4.69) is 15.0 Å². The minimum Gasteiger partial charge on any atom is -0.406 e. The molecule has 2 aromatic carbocycles. The van der Waals surface area contributed by atoms with Crippen LogP contribution in [0.1, 0.15) is 45.5 Å². The molecule has 2 amide bonds. The Balaban J connectivity index is 1.26. The summed E-state index contributed by atoms with van der Waals surface area (Å²) in [5.74, 6) is -1.09. The number of amides is 2. The Bertz CT molecular complexity index is 1570. The molecule has 2 saturated heterocycles. The van der Waals surface area contributed by atoms with E-state index < -0.39 is 39.8 Å². The molecule has 3 aliphatic heterocycles. The van der Waals surface area contributed by atoms with Gasteiger partial charge in [-0.2, -0.15) is 4.31 Å². The largest absolute Gasteiger partial charge is 0.573 e. The van der Waals surface area contributed by atoms with E-state index in [1.54, 1.807) is 26.0 Å². The molecular formula is C28H28F4N4O5S. The number of amidine groups is 1. The molecule has 1 N–H and O–H groups in total. The maximum absolute atomic E-state index is 13.2. The first kappa shape index (κ1) is 29.7. The molecule has 0 radical (unpaired) electrons. The Labute approximate surface area is 239 Å². The first-order chi connectivity index (χ1) is 19.7. The van der Waals surface area contributed by atoms with Gasteiger partial charge in [-0.3, -0.25) is 14.6 Å². The van der Waals surface area contributed by atoms with Crippen molar-refractivity contribution in [1.29, 1.82) is 0 Å². The molecule has 2 fully saturated rings. The van der Waals surface area contributed by atoms with Gasteiger partial charge in [0.1, 0.15) is 23.3 Å². The molecule has 1 spiro atoms. The van der Waals surface area contributed by atoms with Crippen LogP contribution in [0.5, 0.6) is 5.75 Å². The summed E-state index contributed by atoms with van der Waals surface area (Å²) in [7, 11) is -3.88. The molecule has 0 saturated carbocycles. The number of ether oxygens (including phenoxy) is 1. The van der Waals surface area contributed by atoms with Crippen molar-refractivity contribution >= 4 is 33.7 Å². The summed E-state index contributed by atoms with van der Waals surface area (Å²) in [6, 6.07) is 8.38. The van der Waals surface area contributed by atoms with E-state index in [0.717, 1.165) is 17.5 Å². The monoisotopic (exact) mass is 608 g/mol. The van der Waals surface area contributed by atoms with Crippen LogP contribution in [0.15, 0.2) is 46.8 Å². The van der Waals surface area contributed by atoms with Crippen LogP contribution in [-0.4, -0.2) is 79.5 Å². The summed E-state index contributed by atoms with van der Waals surface area (Å²) in [5.41, 5.74) is 1.42. The zero-order chi connectivity index (χ0) is 30.4. The number of aryl methyl sites for hydroxylation is 2. The predicted molar refractivity (Wildman–Crippen MR) is 146 cm³/mol. The molecule has 14 heteroatoms. The fraction of sp³-hybridized carbons (Fsp3) is 0.393. The number of piperidine rings is 1. The number of rotatable bonds is 6. The number of hydrogen-bond donors (Lipinski definition) is 1. The summed E-state index contributed by atoms with van der Waals surface area (Å²) >= 11 is 0. The number of carbonyl (C=O) groups is 2. The molecule has 2 aromatic rings. The zero-order valence-electron chi connectivity index (χ0n) is 22.7. The summed E-state index contributed by atoms with van der Waals surface area (Å²) in [4.78, 5) is 31.3. The van der Waals surface area contributed by atoms with E-state index in [0.29, 0.717) is 22.3 Å². The van der Waals surface area contributed by atoms with Gasteiger partial charge in [0, 0.05) is 29.6 Å². The Kier molecular flexibility index (Phi) is 7.64. The molecule has 224 valence electrons. The normalized spacial score (nSPS) is 19.6. The lowest BCUT2D eigenvalue weighted by Crippen LogP contribution is -2.51. The van der Waals surface area contributed by atoms with Gasteiger partial charge in [0.2, 0.25) is 10.0 Å². The lowest BCUT2D eigenvalue weighted by molar-refractivity contribution is -0.274. The SMILES string of the molecule is Cc1cc(C(=O)N2CC(F)C2)cc(C)c1C=CS(=O)(=O)N1CCC2(CC1)N=C(c1cccc(OC(F)(F)F)c1)NC2=O. The summed E-state index contributed by atoms with van der Waals surface area (Å²) in [6.07, 6.45) is -4.25. The van der Waals surface area contributed by atoms with Crippen molar-refractivity contribution < 1.29 is 40.3 Å². The summed E-state index contributed by atoms with van der Waals surface area (Å²) in [5, 5.41) is 3.69. The van der Waals surface area contributed by atoms with Crippen LogP contribution in [0.2, 0.25) is 0 Å². The van der Waals surface area contributed by atoms with Gasteiger partial charge in [-0.15, -0.1) is 13.2 Å². The highest BCUT2D eigenvalue weighted by Crippen LogP contribution is 2.33. The third-order valence-corrected chi connectivity index (χ3v) is 9.17. The van der Waals surface area contributed by atoms with Crippen LogP contribution < -0.4 is 10.1 Å². The van der Waals surface area contributed by atoms with Gasteiger partial charge in [0.05, 0.1) is 13.1 Å². The Morgan fingerprint density at radius 3 is 2.36 bits per heavy atom. The highest BCUT2D eigenvalue weighted by Gasteiger charge is 2.47. The lowest BCUT2D eigenvalue weighted by atomic mass is 9.89. The van der Waals surface area contributed by atoms with Crippen LogP contribution in [0.3, 0.4) is 0 Å². The van der Waals surface area contributed by atoms with Gasteiger partial charge < -0.3 is 15.0 Å². The van der Waals surface area contributed by atoms with Crippen LogP contribution >= 0.6 is 0 Å². The number of aliphatic imine (C=N–C) groups is 1. The van der Waals surface area contributed by atoms with E-state index in [9.17, 15) is 35.6 Å². The van der Waals surface area contributed by atoms with Gasteiger partial charge in [0.25, 0.3) is 11.8 Å². The number of nitrogens with one attached hydrogen (secondary N) is 1. The molecule has 0 bridgehead atoms. The highest BCUT2D eigenvalue weighted by atomic mass is 32.2. The fourth-order valence-electron chi connectivity index (χ4n) is 5.32. The molecule has 42 heavy (non-hydrogen) atoms. The van der Waals surface area contributed by atoms with Crippen LogP contribution in [0, 0.1) is 13.8 Å². The molecule has 9 nitrogen and oxygen atoms in total. The number of likely N-dealkylation sites (tertiary alicyclic amines) is 1. The van der Waals surface area contributed by atoms with Crippen molar-refractivity contribution in [3.05, 3.63) is 69.6 Å². The summed E-state index contributed by atoms with van der Waals surface area (Å²) in [6.45, 7) is 3.65. The number of carbonyl (C=O) groups excluding carboxylic acids is 2.